The molecule has 0 aliphatic carbocycles. The van der Waals surface area contributed by atoms with Gasteiger partial charge in [0.1, 0.15) is 0 Å². The molecule has 1 aromatic carbocycles. The standard InChI is InChI=1S/C15H19Cl2N3S/c16-7-3-1-2-4-8-19-9-10-20-14-6-5-12(17)11-13(14)18-15(20)21-19/h5-6,11H,1-4,7-10H2. The number of aromatic nitrogens is 2. The molecule has 6 heteroatoms. The van der Waals surface area contributed by atoms with Gasteiger partial charge in [0.2, 0.25) is 0 Å². The van der Waals surface area contributed by atoms with E-state index in [4.69, 9.17) is 28.2 Å². The lowest BCUT2D eigenvalue weighted by Crippen LogP contribution is -2.27. The Kier molecular flexibility index (Phi) is 5.33. The predicted octanol–water partition coefficient (Wildman–Crippen LogP) is 4.81. The first-order valence-corrected chi connectivity index (χ1v) is 9.11. The minimum Gasteiger partial charge on any atom is -0.317 e. The average molecular weight is 344 g/mol. The Balaban J connectivity index is 1.61. The minimum atomic E-state index is 0.749. The molecule has 0 fully saturated rings. The molecule has 0 unspecified atom stereocenters. The third-order valence-corrected chi connectivity index (χ3v) is 5.35. The number of alkyl halides is 1. The first kappa shape index (κ1) is 15.5. The molecule has 0 amide bonds. The molecule has 0 N–H and O–H groups in total. The zero-order chi connectivity index (χ0) is 14.7. The summed E-state index contributed by atoms with van der Waals surface area (Å²) in [5.74, 6) is 0.783. The fraction of sp³-hybridized carbons (Fsp3) is 0.533. The smallest absolute Gasteiger partial charge is 0.184 e. The Morgan fingerprint density at radius 3 is 2.86 bits per heavy atom. The summed E-state index contributed by atoms with van der Waals surface area (Å²) in [6.45, 7) is 3.19. The molecule has 114 valence electrons. The van der Waals surface area contributed by atoms with Gasteiger partial charge in [-0.3, -0.25) is 0 Å². The summed E-state index contributed by atoms with van der Waals surface area (Å²) in [5.41, 5.74) is 2.18. The van der Waals surface area contributed by atoms with Crippen LogP contribution in [-0.2, 0) is 6.54 Å². The topological polar surface area (TPSA) is 21.1 Å². The lowest BCUT2D eigenvalue weighted by Gasteiger charge is -2.26. The van der Waals surface area contributed by atoms with Crippen molar-refractivity contribution in [3.05, 3.63) is 23.2 Å². The van der Waals surface area contributed by atoms with Crippen molar-refractivity contribution in [2.24, 2.45) is 0 Å². The molecule has 0 radical (unpaired) electrons. The van der Waals surface area contributed by atoms with Crippen molar-refractivity contribution in [3.8, 4) is 0 Å². The van der Waals surface area contributed by atoms with Crippen molar-refractivity contribution in [2.45, 2.75) is 37.4 Å². The van der Waals surface area contributed by atoms with Crippen molar-refractivity contribution in [1.29, 1.82) is 0 Å². The van der Waals surface area contributed by atoms with E-state index in [1.165, 1.54) is 24.8 Å². The molecule has 1 aliphatic heterocycles. The average Bonchev–Trinajstić information content (AvgIpc) is 2.83. The number of benzene rings is 1. The predicted molar refractivity (Wildman–Crippen MR) is 91.4 cm³/mol. The highest BCUT2D eigenvalue weighted by Gasteiger charge is 2.20. The minimum absolute atomic E-state index is 0.749. The fourth-order valence-corrected chi connectivity index (χ4v) is 4.04. The van der Waals surface area contributed by atoms with E-state index >= 15 is 0 Å². The molecule has 0 saturated carbocycles. The molecule has 0 spiro atoms. The van der Waals surface area contributed by atoms with Gasteiger partial charge in [-0.05, 0) is 43.0 Å². The van der Waals surface area contributed by atoms with Crippen LogP contribution in [0, 0.1) is 0 Å². The van der Waals surface area contributed by atoms with Gasteiger partial charge >= 0.3 is 0 Å². The number of rotatable bonds is 6. The van der Waals surface area contributed by atoms with Gasteiger partial charge in [-0.25, -0.2) is 9.29 Å². The highest BCUT2D eigenvalue weighted by molar-refractivity contribution is 7.96. The van der Waals surface area contributed by atoms with Crippen molar-refractivity contribution in [1.82, 2.24) is 13.9 Å². The zero-order valence-corrected chi connectivity index (χ0v) is 14.2. The molecule has 3 rings (SSSR count). The number of fused-ring (bicyclic) bond motifs is 3. The van der Waals surface area contributed by atoms with Crippen molar-refractivity contribution >= 4 is 46.2 Å². The number of hydrogen-bond acceptors (Lipinski definition) is 3. The fourth-order valence-electron chi connectivity index (χ4n) is 2.63. The van der Waals surface area contributed by atoms with Gasteiger partial charge in [-0.15, -0.1) is 11.6 Å². The summed E-state index contributed by atoms with van der Waals surface area (Å²) in [6.07, 6.45) is 4.86. The molecule has 3 nitrogen and oxygen atoms in total. The summed E-state index contributed by atoms with van der Waals surface area (Å²) in [5, 5.41) is 1.83. The third-order valence-electron chi connectivity index (χ3n) is 3.75. The maximum atomic E-state index is 6.05. The first-order chi connectivity index (χ1) is 10.3. The largest absolute Gasteiger partial charge is 0.317 e. The summed E-state index contributed by atoms with van der Waals surface area (Å²) in [7, 11) is 0. The second kappa shape index (κ2) is 7.23. The van der Waals surface area contributed by atoms with Gasteiger partial charge in [0.15, 0.2) is 5.16 Å². The quantitative estimate of drug-likeness (QED) is 0.426. The Morgan fingerprint density at radius 1 is 1.14 bits per heavy atom. The Labute approximate surface area is 139 Å². The van der Waals surface area contributed by atoms with Gasteiger partial charge in [-0.1, -0.05) is 24.4 Å². The molecule has 0 bridgehead atoms. The molecule has 2 heterocycles. The highest BCUT2D eigenvalue weighted by Crippen LogP contribution is 2.31. The van der Waals surface area contributed by atoms with Crippen LogP contribution in [0.25, 0.3) is 11.0 Å². The lowest BCUT2D eigenvalue weighted by molar-refractivity contribution is 0.396. The maximum Gasteiger partial charge on any atom is 0.184 e. The van der Waals surface area contributed by atoms with Crippen LogP contribution in [0.3, 0.4) is 0 Å². The van der Waals surface area contributed by atoms with Crippen molar-refractivity contribution in [2.75, 3.05) is 19.0 Å². The summed E-state index contributed by atoms with van der Waals surface area (Å²) < 4.78 is 4.71. The second-order valence-electron chi connectivity index (χ2n) is 5.30. The van der Waals surface area contributed by atoms with Crippen LogP contribution in [-0.4, -0.2) is 32.8 Å². The summed E-state index contributed by atoms with van der Waals surface area (Å²) in [4.78, 5) is 4.70. The van der Waals surface area contributed by atoms with E-state index in [1.54, 1.807) is 11.9 Å². The molecule has 1 aromatic heterocycles. The number of imidazole rings is 1. The van der Waals surface area contributed by atoms with Crippen LogP contribution in [0.5, 0.6) is 0 Å². The Bertz CT molecular complexity index is 614. The molecular weight excluding hydrogens is 325 g/mol. The molecule has 1 aliphatic rings. The molecule has 21 heavy (non-hydrogen) atoms. The second-order valence-corrected chi connectivity index (χ2v) is 7.18. The van der Waals surface area contributed by atoms with E-state index < -0.39 is 0 Å². The third kappa shape index (κ3) is 3.67. The van der Waals surface area contributed by atoms with Crippen LogP contribution in [0.1, 0.15) is 25.7 Å². The van der Waals surface area contributed by atoms with Crippen LogP contribution >= 0.6 is 35.1 Å². The van der Waals surface area contributed by atoms with Crippen LogP contribution < -0.4 is 0 Å². The number of hydrogen-bond donors (Lipinski definition) is 0. The van der Waals surface area contributed by atoms with Crippen LogP contribution in [0.2, 0.25) is 5.02 Å². The van der Waals surface area contributed by atoms with Gasteiger partial charge in [-0.2, -0.15) is 0 Å². The molecule has 2 aromatic rings. The van der Waals surface area contributed by atoms with E-state index in [-0.39, 0.29) is 0 Å². The number of halogens is 2. The van der Waals surface area contributed by atoms with E-state index in [0.29, 0.717) is 0 Å². The maximum absolute atomic E-state index is 6.05. The Hall–Kier alpha value is -0.420. The number of unbranched alkanes of at least 4 members (excludes halogenated alkanes) is 3. The molecular formula is C15H19Cl2N3S. The van der Waals surface area contributed by atoms with E-state index in [2.05, 4.69) is 14.9 Å². The first-order valence-electron chi connectivity index (χ1n) is 7.42. The van der Waals surface area contributed by atoms with E-state index in [1.807, 2.05) is 12.1 Å². The Morgan fingerprint density at radius 2 is 2.00 bits per heavy atom. The van der Waals surface area contributed by atoms with Crippen molar-refractivity contribution in [3.63, 3.8) is 0 Å². The van der Waals surface area contributed by atoms with Crippen LogP contribution in [0.15, 0.2) is 23.4 Å². The molecule has 0 saturated heterocycles. The van der Waals surface area contributed by atoms with Gasteiger partial charge < -0.3 is 4.57 Å². The van der Waals surface area contributed by atoms with Gasteiger partial charge in [0.05, 0.1) is 11.0 Å². The monoisotopic (exact) mass is 343 g/mol. The SMILES string of the molecule is ClCCCCCCN1CCn2c(nc3cc(Cl)ccc32)S1. The van der Waals surface area contributed by atoms with Gasteiger partial charge in [0.25, 0.3) is 0 Å². The van der Waals surface area contributed by atoms with Crippen LogP contribution in [0.4, 0.5) is 0 Å². The lowest BCUT2D eigenvalue weighted by atomic mass is 10.2. The molecule has 0 atom stereocenters. The number of nitrogens with zero attached hydrogens (tertiary/aromatic N) is 3. The zero-order valence-electron chi connectivity index (χ0n) is 11.9. The normalized spacial score (nSPS) is 15.5. The van der Waals surface area contributed by atoms with E-state index in [0.717, 1.165) is 47.6 Å². The summed E-state index contributed by atoms with van der Waals surface area (Å²) >= 11 is 13.5. The van der Waals surface area contributed by atoms with E-state index in [9.17, 15) is 0 Å². The summed E-state index contributed by atoms with van der Waals surface area (Å²) in [6, 6.07) is 5.95. The van der Waals surface area contributed by atoms with Crippen molar-refractivity contribution < 1.29 is 0 Å². The highest BCUT2D eigenvalue weighted by atomic mass is 35.5. The van der Waals surface area contributed by atoms with Gasteiger partial charge in [0, 0.05) is 30.5 Å².